The number of rotatable bonds is 26. The van der Waals surface area contributed by atoms with Crippen LogP contribution < -0.4 is 16.4 Å². The molecular formula is C40H58N5O8P. The van der Waals surface area contributed by atoms with Gasteiger partial charge in [0.15, 0.2) is 0 Å². The minimum absolute atomic E-state index is 0.00425. The van der Waals surface area contributed by atoms with Crippen molar-refractivity contribution in [2.45, 2.75) is 63.7 Å². The van der Waals surface area contributed by atoms with Crippen molar-refractivity contribution in [1.82, 2.24) is 26.2 Å². The van der Waals surface area contributed by atoms with Crippen LogP contribution in [0.1, 0.15) is 79.5 Å². The monoisotopic (exact) mass is 767 g/mol. The summed E-state index contributed by atoms with van der Waals surface area (Å²) in [6.45, 7) is 4.42. The summed E-state index contributed by atoms with van der Waals surface area (Å²) in [5.41, 5.74) is 15.8. The van der Waals surface area contributed by atoms with E-state index < -0.39 is 0 Å². The lowest BCUT2D eigenvalue weighted by Gasteiger charge is -2.24. The average Bonchev–Trinajstić information content (AvgIpc) is 3.65. The van der Waals surface area contributed by atoms with Crippen LogP contribution in [0, 0.1) is 0 Å². The minimum Gasteiger partial charge on any atom is -0.379 e. The van der Waals surface area contributed by atoms with Gasteiger partial charge in [-0.15, -0.1) is 5.53 Å². The van der Waals surface area contributed by atoms with Crippen LogP contribution in [0.2, 0.25) is 0 Å². The Morgan fingerprint density at radius 1 is 0.630 bits per heavy atom. The molecule has 0 fully saturated rings. The highest BCUT2D eigenvalue weighted by atomic mass is 31.0. The molecule has 3 N–H and O–H groups in total. The molecule has 2 unspecified atom stereocenters. The zero-order valence-electron chi connectivity index (χ0n) is 31.9. The smallest absolute Gasteiger partial charge is 0.224 e. The number of hydrazine groups is 2. The number of nitrogens with one attached hydrogen (secondary N) is 3. The van der Waals surface area contributed by atoms with Gasteiger partial charge in [0.2, 0.25) is 11.8 Å². The van der Waals surface area contributed by atoms with E-state index in [1.54, 1.807) is 16.8 Å². The predicted molar refractivity (Wildman–Crippen MR) is 211 cm³/mol. The van der Waals surface area contributed by atoms with Crippen LogP contribution in [0.4, 0.5) is 0 Å². The molecule has 13 nitrogen and oxygen atoms in total. The Kier molecular flexibility index (Phi) is 19.1. The Hall–Kier alpha value is -3.71. The highest BCUT2D eigenvalue weighted by Gasteiger charge is 2.31. The first-order valence-electron chi connectivity index (χ1n) is 19.0. The van der Waals surface area contributed by atoms with E-state index in [0.717, 1.165) is 52.9 Å². The first-order valence-corrected chi connectivity index (χ1v) is 19.6. The molecule has 0 bridgehead atoms. The summed E-state index contributed by atoms with van der Waals surface area (Å²) in [5, 5.41) is 0. The number of carbonyl (C=O) groups is 4. The van der Waals surface area contributed by atoms with Crippen molar-refractivity contribution in [1.29, 1.82) is 0 Å². The summed E-state index contributed by atoms with van der Waals surface area (Å²) in [7, 11) is 5.67. The third-order valence-electron chi connectivity index (χ3n) is 9.56. The second kappa shape index (κ2) is 23.9. The summed E-state index contributed by atoms with van der Waals surface area (Å²) in [6, 6.07) is 16.4. The Bertz CT molecular complexity index is 1560. The van der Waals surface area contributed by atoms with Gasteiger partial charge in [-0.3, -0.25) is 19.2 Å². The average molecular weight is 768 g/mol. The maximum atomic E-state index is 13.7. The van der Waals surface area contributed by atoms with Crippen LogP contribution in [0.25, 0.3) is 11.4 Å². The molecule has 14 heteroatoms. The Morgan fingerprint density at radius 2 is 1.20 bits per heavy atom. The number of benzene rings is 2. The number of ether oxygens (including phenoxy) is 4. The van der Waals surface area contributed by atoms with E-state index in [1.807, 2.05) is 31.3 Å². The van der Waals surface area contributed by atoms with Gasteiger partial charge in [0.05, 0.1) is 70.7 Å². The normalized spacial score (nSPS) is 14.5. The van der Waals surface area contributed by atoms with Gasteiger partial charge >= 0.3 is 0 Å². The van der Waals surface area contributed by atoms with Gasteiger partial charge < -0.3 is 39.6 Å². The number of carbonyl (C=O) groups excluding carboxylic acids is 4. The molecule has 2 atom stereocenters. The molecule has 1 aliphatic heterocycles. The molecule has 296 valence electrons. The summed E-state index contributed by atoms with van der Waals surface area (Å²) in [6.07, 6.45) is 5.26. The fourth-order valence-corrected chi connectivity index (χ4v) is 6.64. The lowest BCUT2D eigenvalue weighted by molar-refractivity contribution is -0.131. The number of likely N-dealkylation sites (N-methyl/N-ethyl adjacent to an activating group) is 1. The van der Waals surface area contributed by atoms with E-state index in [1.165, 1.54) is 0 Å². The fourth-order valence-electron chi connectivity index (χ4n) is 6.44. The molecule has 54 heavy (non-hydrogen) atoms. The van der Waals surface area contributed by atoms with Gasteiger partial charge in [0.25, 0.3) is 0 Å². The van der Waals surface area contributed by atoms with Gasteiger partial charge in [-0.1, -0.05) is 64.2 Å². The zero-order valence-corrected chi connectivity index (χ0v) is 33.0. The van der Waals surface area contributed by atoms with E-state index in [4.69, 9.17) is 18.9 Å². The van der Waals surface area contributed by atoms with Crippen LogP contribution in [0.5, 0.6) is 0 Å². The topological polar surface area (TPSA) is 148 Å². The SMILES string of the molecule is CN(CCCCCC(=O)C1Cc2ccccc2C2=C(NNN2)c2ccccc21)C(=O)CCOCCOCCOCCOCCN(C)C(=O)CCCC(=O)P. The quantitative estimate of drug-likeness (QED) is 0.0948. The molecule has 2 aromatic rings. The molecule has 0 spiro atoms. The molecule has 2 aromatic carbocycles. The third-order valence-corrected chi connectivity index (χ3v) is 9.85. The Labute approximate surface area is 322 Å². The van der Waals surface area contributed by atoms with E-state index in [-0.39, 0.29) is 29.0 Å². The summed E-state index contributed by atoms with van der Waals surface area (Å²) in [4.78, 5) is 52.6. The molecule has 1 heterocycles. The minimum atomic E-state index is -0.229. The van der Waals surface area contributed by atoms with Crippen molar-refractivity contribution >= 4 is 43.8 Å². The Balaban J connectivity index is 0.991. The van der Waals surface area contributed by atoms with Crippen LogP contribution in [0.15, 0.2) is 48.5 Å². The second-order valence-corrected chi connectivity index (χ2v) is 14.2. The number of hydrogen-bond donors (Lipinski definition) is 3. The van der Waals surface area contributed by atoms with Crippen LogP contribution in [0.3, 0.4) is 0 Å². The maximum absolute atomic E-state index is 13.7. The Morgan fingerprint density at radius 3 is 1.91 bits per heavy atom. The lowest BCUT2D eigenvalue weighted by Crippen LogP contribution is -2.32. The van der Waals surface area contributed by atoms with Crippen molar-refractivity contribution in [3.8, 4) is 0 Å². The van der Waals surface area contributed by atoms with E-state index in [9.17, 15) is 19.2 Å². The van der Waals surface area contributed by atoms with Crippen LogP contribution >= 0.6 is 9.24 Å². The first kappa shape index (κ1) is 43.0. The molecule has 1 aliphatic carbocycles. The number of ketones is 1. The fraction of sp³-hybridized carbons (Fsp3) is 0.550. The van der Waals surface area contributed by atoms with Crippen molar-refractivity contribution in [3.05, 3.63) is 70.8 Å². The van der Waals surface area contributed by atoms with Gasteiger partial charge in [-0.05, 0) is 36.8 Å². The maximum Gasteiger partial charge on any atom is 0.224 e. The zero-order chi connectivity index (χ0) is 38.5. The molecule has 0 saturated carbocycles. The first-order chi connectivity index (χ1) is 26.3. The highest BCUT2D eigenvalue weighted by molar-refractivity contribution is 7.40. The highest BCUT2D eigenvalue weighted by Crippen LogP contribution is 2.38. The molecule has 2 amide bonds. The molecular weight excluding hydrogens is 709 g/mol. The van der Waals surface area contributed by atoms with Crippen molar-refractivity contribution in [3.63, 3.8) is 0 Å². The number of unbranched alkanes of at least 4 members (excludes halogenated alkanes) is 2. The number of nitrogens with zero attached hydrogens (tertiary/aromatic N) is 2. The summed E-state index contributed by atoms with van der Waals surface area (Å²) >= 11 is 0. The van der Waals surface area contributed by atoms with Gasteiger partial charge in [0, 0.05) is 63.5 Å². The largest absolute Gasteiger partial charge is 0.379 e. The van der Waals surface area contributed by atoms with Gasteiger partial charge in [-0.25, -0.2) is 0 Å². The molecule has 0 aromatic heterocycles. The predicted octanol–water partition coefficient (Wildman–Crippen LogP) is 3.84. The molecule has 0 radical (unpaired) electrons. The van der Waals surface area contributed by atoms with Crippen molar-refractivity contribution in [2.75, 3.05) is 80.0 Å². The van der Waals surface area contributed by atoms with Crippen LogP contribution in [-0.2, 0) is 44.5 Å². The van der Waals surface area contributed by atoms with Crippen molar-refractivity contribution in [2.24, 2.45) is 0 Å². The number of amides is 2. The molecule has 0 saturated heterocycles. The number of Topliss-reactive ketones (excluding diaryl/α,β-unsaturated/α-hetero) is 1. The second-order valence-electron chi connectivity index (χ2n) is 13.6. The van der Waals surface area contributed by atoms with E-state index in [0.29, 0.717) is 104 Å². The van der Waals surface area contributed by atoms with Crippen LogP contribution in [-0.4, -0.2) is 113 Å². The van der Waals surface area contributed by atoms with E-state index >= 15 is 0 Å². The standard InChI is InChI=1S/C40H58N5O8P/c1-44(37(48)18-21-50-23-25-52-27-28-53-26-24-51-22-20-45(2)36(47)16-10-17-38(49)54)19-9-3-4-15-35(46)34-29-30-11-5-6-12-31(30)39-40(42-43-41-39)33-14-8-7-13-32(33)34/h5-8,11-14,34,41-43H,3-4,9-10,15-29,54H2,1-2H3. The van der Waals surface area contributed by atoms with Gasteiger partial charge in [-0.2, -0.15) is 0 Å². The number of hydrogen-bond acceptors (Lipinski definition) is 11. The van der Waals surface area contributed by atoms with Gasteiger partial charge in [0.1, 0.15) is 11.3 Å². The summed E-state index contributed by atoms with van der Waals surface area (Å²) < 4.78 is 22.1. The van der Waals surface area contributed by atoms with Crippen molar-refractivity contribution < 1.29 is 38.1 Å². The molecule has 4 rings (SSSR count). The lowest BCUT2D eigenvalue weighted by atomic mass is 9.80. The number of fused-ring (bicyclic) bond motifs is 4. The summed E-state index contributed by atoms with van der Waals surface area (Å²) in [5.74, 6) is 0.0539. The third kappa shape index (κ3) is 14.2. The van der Waals surface area contributed by atoms with E-state index in [2.05, 4.69) is 49.9 Å². The molecule has 2 aliphatic rings.